The summed E-state index contributed by atoms with van der Waals surface area (Å²) in [7, 11) is 0. The van der Waals surface area contributed by atoms with Crippen molar-refractivity contribution in [2.45, 2.75) is 6.04 Å². The quantitative estimate of drug-likeness (QED) is 0.792. The molecule has 0 N–H and O–H groups in total. The largest absolute Gasteiger partial charge is 0.377 e. The minimum absolute atomic E-state index is 0.0297. The number of morpholine rings is 1. The van der Waals surface area contributed by atoms with Crippen molar-refractivity contribution in [3.63, 3.8) is 0 Å². The number of carbonyl (C=O) groups excluding carboxylic acids is 1. The van der Waals surface area contributed by atoms with Gasteiger partial charge in [0.2, 0.25) is 0 Å². The second-order valence-corrected chi connectivity index (χ2v) is 5.41. The zero-order valence-electron chi connectivity index (χ0n) is 11.0. The Kier molecular flexibility index (Phi) is 3.98. The third-order valence-electron chi connectivity index (χ3n) is 3.53. The number of ether oxygens (including phenoxy) is 1. The minimum Gasteiger partial charge on any atom is -0.377 e. The molecule has 0 spiro atoms. The number of pyridine rings is 1. The summed E-state index contributed by atoms with van der Waals surface area (Å²) in [5.74, 6) is 0.0297. The fraction of sp³-hybridized carbons (Fsp3) is 0.333. The maximum Gasteiger partial charge on any atom is 0.256 e. The first-order chi connectivity index (χ1) is 9.81. The van der Waals surface area contributed by atoms with Gasteiger partial charge in [-0.05, 0) is 12.1 Å². The first-order valence-electron chi connectivity index (χ1n) is 6.59. The van der Waals surface area contributed by atoms with Gasteiger partial charge in [-0.2, -0.15) is 0 Å². The Morgan fingerprint density at radius 3 is 3.10 bits per heavy atom. The van der Waals surface area contributed by atoms with Crippen LogP contribution in [0.1, 0.15) is 10.4 Å². The average Bonchev–Trinajstić information content (AvgIpc) is 2.53. The summed E-state index contributed by atoms with van der Waals surface area (Å²) in [5.41, 5.74) is 1.43. The lowest BCUT2D eigenvalue weighted by atomic mass is 10.1. The van der Waals surface area contributed by atoms with Gasteiger partial charge < -0.3 is 9.64 Å². The van der Waals surface area contributed by atoms with Crippen LogP contribution in [0.2, 0.25) is 0 Å². The molecule has 1 fully saturated rings. The van der Waals surface area contributed by atoms with Gasteiger partial charge in [-0.1, -0.05) is 34.1 Å². The van der Waals surface area contributed by atoms with E-state index < -0.39 is 0 Å². The lowest BCUT2D eigenvalue weighted by molar-refractivity contribution is 0.00535. The van der Waals surface area contributed by atoms with E-state index >= 15 is 0 Å². The lowest BCUT2D eigenvalue weighted by Crippen LogP contribution is -2.49. The van der Waals surface area contributed by atoms with Crippen LogP contribution in [0.3, 0.4) is 0 Å². The minimum atomic E-state index is 0.0297. The summed E-state index contributed by atoms with van der Waals surface area (Å²) in [6, 6.07) is 9.65. The van der Waals surface area contributed by atoms with Gasteiger partial charge in [-0.25, -0.2) is 0 Å². The number of hydrogen-bond donors (Lipinski definition) is 0. The summed E-state index contributed by atoms with van der Waals surface area (Å²) in [5, 5.41) is 1.71. The first-order valence-corrected chi connectivity index (χ1v) is 7.72. The molecule has 5 heteroatoms. The van der Waals surface area contributed by atoms with E-state index in [0.717, 1.165) is 16.2 Å². The van der Waals surface area contributed by atoms with E-state index in [1.54, 1.807) is 6.20 Å². The van der Waals surface area contributed by atoms with E-state index in [9.17, 15) is 4.79 Å². The molecule has 1 amide bonds. The molecule has 1 atom stereocenters. The van der Waals surface area contributed by atoms with Gasteiger partial charge in [0, 0.05) is 23.5 Å². The van der Waals surface area contributed by atoms with Crippen molar-refractivity contribution in [2.75, 3.05) is 25.1 Å². The van der Waals surface area contributed by atoms with Gasteiger partial charge >= 0.3 is 0 Å². The van der Waals surface area contributed by atoms with Crippen molar-refractivity contribution in [2.24, 2.45) is 0 Å². The summed E-state index contributed by atoms with van der Waals surface area (Å²) in [4.78, 5) is 19.0. The number of aromatic nitrogens is 1. The molecule has 1 saturated heterocycles. The molecule has 4 nitrogen and oxygen atoms in total. The average molecular weight is 335 g/mol. The molecule has 1 aliphatic rings. The van der Waals surface area contributed by atoms with E-state index in [0.29, 0.717) is 25.3 Å². The zero-order valence-corrected chi connectivity index (χ0v) is 12.5. The Labute approximate surface area is 125 Å². The predicted molar refractivity (Wildman–Crippen MR) is 81.2 cm³/mol. The monoisotopic (exact) mass is 334 g/mol. The summed E-state index contributed by atoms with van der Waals surface area (Å²) in [6.07, 6.45) is 1.72. The Hall–Kier alpha value is -1.46. The number of rotatable bonds is 2. The molecular weight excluding hydrogens is 320 g/mol. The highest BCUT2D eigenvalue weighted by Gasteiger charge is 2.28. The molecule has 3 rings (SSSR count). The van der Waals surface area contributed by atoms with E-state index in [-0.39, 0.29) is 11.9 Å². The smallest absolute Gasteiger partial charge is 0.256 e. The van der Waals surface area contributed by atoms with Gasteiger partial charge in [-0.15, -0.1) is 0 Å². The van der Waals surface area contributed by atoms with E-state index in [1.807, 2.05) is 35.2 Å². The standard InChI is InChI=1S/C15H15BrN2O2/c16-9-12-10-20-8-7-18(12)15(19)13-5-1-3-11-4-2-6-17-14(11)13/h1-6,12H,7-10H2. The molecule has 2 aromatic rings. The molecular formula is C15H15BrN2O2. The number of hydrogen-bond acceptors (Lipinski definition) is 3. The molecule has 1 unspecified atom stereocenters. The summed E-state index contributed by atoms with van der Waals surface area (Å²) < 4.78 is 5.44. The van der Waals surface area contributed by atoms with E-state index in [2.05, 4.69) is 20.9 Å². The van der Waals surface area contributed by atoms with Crippen molar-refractivity contribution in [1.29, 1.82) is 0 Å². The molecule has 0 aliphatic carbocycles. The van der Waals surface area contributed by atoms with Crippen molar-refractivity contribution in [1.82, 2.24) is 9.88 Å². The molecule has 2 heterocycles. The Morgan fingerprint density at radius 1 is 1.40 bits per heavy atom. The van der Waals surface area contributed by atoms with Crippen molar-refractivity contribution >= 4 is 32.7 Å². The Morgan fingerprint density at radius 2 is 2.25 bits per heavy atom. The summed E-state index contributed by atoms with van der Waals surface area (Å²) in [6.45, 7) is 1.79. The number of nitrogens with zero attached hydrogens (tertiary/aromatic N) is 2. The molecule has 1 aromatic carbocycles. The van der Waals surface area contributed by atoms with Crippen LogP contribution in [0.5, 0.6) is 0 Å². The maximum absolute atomic E-state index is 12.8. The molecule has 1 aromatic heterocycles. The number of halogens is 1. The highest BCUT2D eigenvalue weighted by Crippen LogP contribution is 2.20. The molecule has 20 heavy (non-hydrogen) atoms. The number of benzene rings is 1. The third-order valence-corrected chi connectivity index (χ3v) is 4.28. The Bertz CT molecular complexity index is 627. The molecule has 0 radical (unpaired) electrons. The van der Waals surface area contributed by atoms with Gasteiger partial charge in [0.1, 0.15) is 0 Å². The van der Waals surface area contributed by atoms with Crippen molar-refractivity contribution in [3.05, 3.63) is 42.1 Å². The normalized spacial score (nSPS) is 19.2. The van der Waals surface area contributed by atoms with Crippen LogP contribution >= 0.6 is 15.9 Å². The highest BCUT2D eigenvalue weighted by atomic mass is 79.9. The van der Waals surface area contributed by atoms with Crippen LogP contribution in [0.15, 0.2) is 36.5 Å². The molecule has 104 valence electrons. The zero-order chi connectivity index (χ0) is 13.9. The SMILES string of the molecule is O=C(c1cccc2cccnc12)N1CCOCC1CBr. The van der Waals surface area contributed by atoms with Crippen LogP contribution < -0.4 is 0 Å². The number of fused-ring (bicyclic) bond motifs is 1. The van der Waals surface area contributed by atoms with Gasteiger partial charge in [0.05, 0.1) is 30.3 Å². The van der Waals surface area contributed by atoms with Crippen molar-refractivity contribution in [3.8, 4) is 0 Å². The lowest BCUT2D eigenvalue weighted by Gasteiger charge is -2.34. The summed E-state index contributed by atoms with van der Waals surface area (Å²) >= 11 is 3.45. The number of carbonyl (C=O) groups is 1. The van der Waals surface area contributed by atoms with Gasteiger partial charge in [0.15, 0.2) is 0 Å². The van der Waals surface area contributed by atoms with Gasteiger partial charge in [0.25, 0.3) is 5.91 Å². The number of para-hydroxylation sites is 1. The second kappa shape index (κ2) is 5.89. The van der Waals surface area contributed by atoms with Crippen LogP contribution in [0, 0.1) is 0 Å². The molecule has 0 saturated carbocycles. The van der Waals surface area contributed by atoms with Crippen LogP contribution in [0.25, 0.3) is 10.9 Å². The number of amides is 1. The fourth-order valence-electron chi connectivity index (χ4n) is 2.48. The van der Waals surface area contributed by atoms with Crippen LogP contribution in [0.4, 0.5) is 0 Å². The Balaban J connectivity index is 1.99. The number of alkyl halides is 1. The van der Waals surface area contributed by atoms with Gasteiger partial charge in [-0.3, -0.25) is 9.78 Å². The predicted octanol–water partition coefficient (Wildman–Crippen LogP) is 2.47. The van der Waals surface area contributed by atoms with E-state index in [4.69, 9.17) is 4.74 Å². The van der Waals surface area contributed by atoms with Crippen molar-refractivity contribution < 1.29 is 9.53 Å². The van der Waals surface area contributed by atoms with Crippen LogP contribution in [-0.4, -0.2) is 46.9 Å². The highest BCUT2D eigenvalue weighted by molar-refractivity contribution is 9.09. The van der Waals surface area contributed by atoms with Crippen LogP contribution in [-0.2, 0) is 4.74 Å². The third kappa shape index (κ3) is 2.43. The first kappa shape index (κ1) is 13.5. The molecule has 1 aliphatic heterocycles. The second-order valence-electron chi connectivity index (χ2n) is 4.76. The maximum atomic E-state index is 12.8. The van der Waals surface area contributed by atoms with E-state index in [1.165, 1.54) is 0 Å². The molecule has 0 bridgehead atoms. The topological polar surface area (TPSA) is 42.4 Å². The fourth-order valence-corrected chi connectivity index (χ4v) is 3.02.